The zero-order valence-corrected chi connectivity index (χ0v) is 12.9. The molecule has 0 radical (unpaired) electrons. The lowest BCUT2D eigenvalue weighted by molar-refractivity contribution is -0.111. The molecule has 1 saturated heterocycles. The van der Waals surface area contributed by atoms with Crippen molar-refractivity contribution in [2.75, 3.05) is 19.8 Å². The van der Waals surface area contributed by atoms with Gasteiger partial charge in [0.2, 0.25) is 0 Å². The Balaban J connectivity index is 1.65. The Morgan fingerprint density at radius 2 is 2.45 bits per heavy atom. The van der Waals surface area contributed by atoms with Crippen LogP contribution in [-0.2, 0) is 16.0 Å². The molecule has 20 heavy (non-hydrogen) atoms. The number of nitrogens with zero attached hydrogens (tertiary/aromatic N) is 1. The van der Waals surface area contributed by atoms with Crippen molar-refractivity contribution in [1.29, 1.82) is 0 Å². The molecule has 1 saturated carbocycles. The number of aryl methyl sites for hydroxylation is 1. The Morgan fingerprint density at radius 3 is 3.20 bits per heavy atom. The van der Waals surface area contributed by atoms with E-state index in [9.17, 15) is 0 Å². The fraction of sp³-hybridized carbons (Fsp3) is 0.625. The highest BCUT2D eigenvalue weighted by Gasteiger charge is 2.43. The van der Waals surface area contributed by atoms with E-state index in [-0.39, 0.29) is 12.2 Å². The molecule has 0 amide bonds. The van der Waals surface area contributed by atoms with Gasteiger partial charge in [-0.05, 0) is 36.8 Å². The lowest BCUT2D eigenvalue weighted by Gasteiger charge is -2.39. The van der Waals surface area contributed by atoms with Crippen LogP contribution in [0.3, 0.4) is 0 Å². The van der Waals surface area contributed by atoms with Crippen LogP contribution < -0.4 is 0 Å². The first-order valence-electron chi connectivity index (χ1n) is 7.40. The minimum absolute atomic E-state index is 0.240. The molecule has 1 aromatic rings. The van der Waals surface area contributed by atoms with Gasteiger partial charge in [0, 0.05) is 24.0 Å². The summed E-state index contributed by atoms with van der Waals surface area (Å²) in [6.45, 7) is 9.47. The third kappa shape index (κ3) is 2.84. The van der Waals surface area contributed by atoms with Crippen LogP contribution in [-0.4, -0.2) is 42.9 Å². The summed E-state index contributed by atoms with van der Waals surface area (Å²) < 4.78 is 11.9. The second kappa shape index (κ2) is 6.39. The second-order valence-electron chi connectivity index (χ2n) is 5.64. The average Bonchev–Trinajstić information content (AvgIpc) is 3.04. The normalized spacial score (nSPS) is 30.4. The standard InChI is InChI=1S/C16H23NO2S/c1-3-8-18-14-5-4-13-16(14)19-9-7-17(13)11-15-12(2)6-10-20-15/h3,6,10,13-14,16H,1,4-5,7-9,11H2,2H3/t13-,14-,16-/m1/s1. The molecule has 2 fully saturated rings. The largest absolute Gasteiger partial charge is 0.373 e. The van der Waals surface area contributed by atoms with Crippen molar-refractivity contribution < 1.29 is 9.47 Å². The number of thiophene rings is 1. The Bertz CT molecular complexity index is 459. The molecule has 0 unspecified atom stereocenters. The fourth-order valence-electron chi connectivity index (χ4n) is 3.31. The highest BCUT2D eigenvalue weighted by atomic mass is 32.1. The number of fused-ring (bicyclic) bond motifs is 1. The summed E-state index contributed by atoms with van der Waals surface area (Å²) >= 11 is 1.87. The lowest BCUT2D eigenvalue weighted by Crippen LogP contribution is -2.51. The van der Waals surface area contributed by atoms with Gasteiger partial charge in [0.15, 0.2) is 0 Å². The molecular formula is C16H23NO2S. The third-order valence-electron chi connectivity index (χ3n) is 4.39. The molecule has 2 heterocycles. The van der Waals surface area contributed by atoms with E-state index in [1.807, 2.05) is 17.4 Å². The van der Waals surface area contributed by atoms with Gasteiger partial charge in [0.1, 0.15) is 0 Å². The molecule has 1 aromatic heterocycles. The molecule has 3 nitrogen and oxygen atoms in total. The molecular weight excluding hydrogens is 270 g/mol. The van der Waals surface area contributed by atoms with Gasteiger partial charge in [-0.15, -0.1) is 17.9 Å². The van der Waals surface area contributed by atoms with Gasteiger partial charge in [0.25, 0.3) is 0 Å². The first-order chi connectivity index (χ1) is 9.79. The molecule has 3 rings (SSSR count). The number of morpholine rings is 1. The maximum atomic E-state index is 5.99. The minimum Gasteiger partial charge on any atom is -0.373 e. The van der Waals surface area contributed by atoms with E-state index in [2.05, 4.69) is 29.8 Å². The van der Waals surface area contributed by atoms with Crippen LogP contribution in [0.2, 0.25) is 0 Å². The van der Waals surface area contributed by atoms with Crippen molar-refractivity contribution in [3.63, 3.8) is 0 Å². The summed E-state index contributed by atoms with van der Waals surface area (Å²) in [6, 6.07) is 2.72. The van der Waals surface area contributed by atoms with E-state index < -0.39 is 0 Å². The number of rotatable bonds is 5. The molecule has 0 N–H and O–H groups in total. The van der Waals surface area contributed by atoms with Crippen LogP contribution in [0.25, 0.3) is 0 Å². The zero-order chi connectivity index (χ0) is 13.9. The quantitative estimate of drug-likeness (QED) is 0.779. The van der Waals surface area contributed by atoms with Crippen molar-refractivity contribution in [3.05, 3.63) is 34.5 Å². The third-order valence-corrected chi connectivity index (χ3v) is 5.40. The lowest BCUT2D eigenvalue weighted by atomic mass is 10.1. The molecule has 1 aliphatic heterocycles. The van der Waals surface area contributed by atoms with Crippen molar-refractivity contribution in [2.24, 2.45) is 0 Å². The Morgan fingerprint density at radius 1 is 1.55 bits per heavy atom. The predicted molar refractivity (Wildman–Crippen MR) is 82.2 cm³/mol. The van der Waals surface area contributed by atoms with Crippen LogP contribution in [0.4, 0.5) is 0 Å². The number of ether oxygens (including phenoxy) is 2. The van der Waals surface area contributed by atoms with Crippen molar-refractivity contribution in [1.82, 2.24) is 4.90 Å². The monoisotopic (exact) mass is 293 g/mol. The van der Waals surface area contributed by atoms with E-state index in [1.54, 1.807) is 0 Å². The maximum absolute atomic E-state index is 5.99. The van der Waals surface area contributed by atoms with Crippen LogP contribution in [0.5, 0.6) is 0 Å². The summed E-state index contributed by atoms with van der Waals surface area (Å²) in [5.41, 5.74) is 1.41. The Labute approximate surface area is 125 Å². The van der Waals surface area contributed by atoms with Gasteiger partial charge >= 0.3 is 0 Å². The number of hydrogen-bond donors (Lipinski definition) is 0. The minimum atomic E-state index is 0.240. The Hall–Kier alpha value is -0.680. The highest BCUT2D eigenvalue weighted by molar-refractivity contribution is 7.10. The smallest absolute Gasteiger partial charge is 0.0992 e. The first kappa shape index (κ1) is 14.3. The Kier molecular flexibility index (Phi) is 4.56. The second-order valence-corrected chi connectivity index (χ2v) is 6.64. The summed E-state index contributed by atoms with van der Waals surface area (Å²) in [5.74, 6) is 0. The topological polar surface area (TPSA) is 21.7 Å². The van der Waals surface area contributed by atoms with Crippen LogP contribution in [0.1, 0.15) is 23.3 Å². The molecule has 110 valence electrons. The van der Waals surface area contributed by atoms with Crippen molar-refractivity contribution in [3.8, 4) is 0 Å². The summed E-state index contributed by atoms with van der Waals surface area (Å²) in [7, 11) is 0. The van der Waals surface area contributed by atoms with Gasteiger partial charge in [-0.1, -0.05) is 6.08 Å². The van der Waals surface area contributed by atoms with E-state index >= 15 is 0 Å². The van der Waals surface area contributed by atoms with Crippen LogP contribution >= 0.6 is 11.3 Å². The van der Waals surface area contributed by atoms with Crippen molar-refractivity contribution >= 4 is 11.3 Å². The van der Waals surface area contributed by atoms with Gasteiger partial charge in [0.05, 0.1) is 25.4 Å². The SMILES string of the molecule is C=CCO[C@@H]1CC[C@@H]2[C@H]1OCCN2Cc1sccc1C. The van der Waals surface area contributed by atoms with Gasteiger partial charge < -0.3 is 9.47 Å². The summed E-state index contributed by atoms with van der Waals surface area (Å²) in [5, 5.41) is 2.19. The van der Waals surface area contributed by atoms with E-state index in [0.29, 0.717) is 12.6 Å². The molecule has 4 heteroatoms. The van der Waals surface area contributed by atoms with E-state index in [4.69, 9.17) is 9.47 Å². The molecule has 0 aromatic carbocycles. The molecule has 2 aliphatic rings. The van der Waals surface area contributed by atoms with Crippen LogP contribution in [0, 0.1) is 6.92 Å². The van der Waals surface area contributed by atoms with Gasteiger partial charge in [-0.3, -0.25) is 4.90 Å². The first-order valence-corrected chi connectivity index (χ1v) is 8.28. The maximum Gasteiger partial charge on any atom is 0.0992 e. The molecule has 0 spiro atoms. The molecule has 3 atom stereocenters. The van der Waals surface area contributed by atoms with E-state index in [0.717, 1.165) is 26.1 Å². The zero-order valence-electron chi connectivity index (χ0n) is 12.1. The average molecular weight is 293 g/mol. The molecule has 1 aliphatic carbocycles. The molecule has 0 bridgehead atoms. The predicted octanol–water partition coefficient (Wildman–Crippen LogP) is 2.99. The summed E-state index contributed by atoms with van der Waals surface area (Å²) in [4.78, 5) is 4.07. The van der Waals surface area contributed by atoms with Gasteiger partial charge in [-0.2, -0.15) is 0 Å². The fourth-order valence-corrected chi connectivity index (χ4v) is 4.24. The van der Waals surface area contributed by atoms with Crippen molar-refractivity contribution in [2.45, 2.75) is 44.6 Å². The summed E-state index contributed by atoms with van der Waals surface area (Å²) in [6.07, 6.45) is 4.58. The van der Waals surface area contributed by atoms with Gasteiger partial charge in [-0.25, -0.2) is 0 Å². The highest BCUT2D eigenvalue weighted by Crippen LogP contribution is 2.33. The van der Waals surface area contributed by atoms with E-state index in [1.165, 1.54) is 16.9 Å². The van der Waals surface area contributed by atoms with Crippen LogP contribution in [0.15, 0.2) is 24.1 Å². The number of hydrogen-bond acceptors (Lipinski definition) is 4.